The largest absolute Gasteiger partial charge is 0.389 e. The molecular weight excluding hydrogens is 432 g/mol. The van der Waals surface area contributed by atoms with Gasteiger partial charge in [0, 0.05) is 62.2 Å². The lowest BCUT2D eigenvalue weighted by Gasteiger charge is -2.21. The zero-order valence-electron chi connectivity index (χ0n) is 19.5. The lowest BCUT2D eigenvalue weighted by Crippen LogP contribution is -2.35. The fourth-order valence-corrected chi connectivity index (χ4v) is 4.92. The van der Waals surface area contributed by atoms with Crippen LogP contribution in [-0.2, 0) is 11.3 Å². The second-order valence-corrected chi connectivity index (χ2v) is 9.30. The summed E-state index contributed by atoms with van der Waals surface area (Å²) < 4.78 is 12.4. The van der Waals surface area contributed by atoms with Crippen LogP contribution < -0.4 is 0 Å². The number of likely N-dealkylation sites (tertiary alicyclic amines) is 1. The van der Waals surface area contributed by atoms with Gasteiger partial charge in [0.1, 0.15) is 17.6 Å². The Kier molecular flexibility index (Phi) is 6.53. The summed E-state index contributed by atoms with van der Waals surface area (Å²) in [6.07, 6.45) is 2.42. The van der Waals surface area contributed by atoms with Crippen LogP contribution in [0.3, 0.4) is 0 Å². The van der Waals surface area contributed by atoms with Gasteiger partial charge in [0.05, 0.1) is 19.3 Å². The summed E-state index contributed by atoms with van der Waals surface area (Å²) in [5.41, 5.74) is 2.72. The van der Waals surface area contributed by atoms with E-state index in [-0.39, 0.29) is 0 Å². The molecule has 0 radical (unpaired) electrons. The van der Waals surface area contributed by atoms with Crippen molar-refractivity contribution in [3.8, 4) is 23.1 Å². The SMILES string of the molecule is COCC(O)CN1C[C@@H]2C(C#Cc3ccc(-c4cc(Cn5ccnc5[C@H](C)O)on4)cc3)[C@@H]2C1. The molecule has 2 aliphatic rings. The Bertz CT molecular complexity index is 1160. The third-order valence-corrected chi connectivity index (χ3v) is 6.67. The van der Waals surface area contributed by atoms with Gasteiger partial charge in [0.15, 0.2) is 5.76 Å². The average Bonchev–Trinajstić information content (AvgIpc) is 3.30. The topological polar surface area (TPSA) is 96.8 Å². The molecule has 0 amide bonds. The number of piperidine rings is 1. The van der Waals surface area contributed by atoms with Crippen molar-refractivity contribution in [3.63, 3.8) is 0 Å². The minimum atomic E-state index is -0.644. The van der Waals surface area contributed by atoms with Crippen molar-refractivity contribution in [2.75, 3.05) is 33.4 Å². The number of β-amino-alcohol motifs (C(OH)–C–C–N with tert-alkyl or cyclic N) is 1. The standard InChI is InChI=1S/C26H30N4O4/c1-17(31)26-27-9-10-30(26)13-21-11-25(28-34-21)19-6-3-18(4-7-19)5-8-22-23-14-29(15-24(22)23)12-20(32)16-33-2/h3-4,6-7,9-11,17,20,22-24,31-32H,12-16H2,1-2H3/t17-,20?,22?,23-,24+/m0/s1. The van der Waals surface area contributed by atoms with Gasteiger partial charge in [-0.1, -0.05) is 29.1 Å². The highest BCUT2D eigenvalue weighted by molar-refractivity contribution is 5.60. The number of benzene rings is 1. The first-order chi connectivity index (χ1) is 16.5. The molecule has 1 aliphatic heterocycles. The Labute approximate surface area is 199 Å². The second kappa shape index (κ2) is 9.72. The van der Waals surface area contributed by atoms with Crippen molar-refractivity contribution in [2.45, 2.75) is 25.7 Å². The number of nitrogens with zero attached hydrogens (tertiary/aromatic N) is 4. The Hall–Kier alpha value is -2.96. The molecule has 178 valence electrons. The number of imidazole rings is 1. The molecule has 1 aromatic carbocycles. The van der Waals surface area contributed by atoms with Crippen LogP contribution in [0.15, 0.2) is 47.2 Å². The number of methoxy groups -OCH3 is 1. The highest BCUT2D eigenvalue weighted by atomic mass is 16.5. The minimum Gasteiger partial charge on any atom is -0.389 e. The highest BCUT2D eigenvalue weighted by Crippen LogP contribution is 2.51. The highest BCUT2D eigenvalue weighted by Gasteiger charge is 2.54. The van der Waals surface area contributed by atoms with Crippen LogP contribution >= 0.6 is 0 Å². The van der Waals surface area contributed by atoms with E-state index < -0.39 is 12.2 Å². The van der Waals surface area contributed by atoms with E-state index in [1.54, 1.807) is 20.2 Å². The molecule has 1 saturated heterocycles. The van der Waals surface area contributed by atoms with Gasteiger partial charge in [0.25, 0.3) is 0 Å². The van der Waals surface area contributed by atoms with Crippen molar-refractivity contribution in [1.82, 2.24) is 19.6 Å². The molecule has 1 saturated carbocycles. The van der Waals surface area contributed by atoms with Gasteiger partial charge < -0.3 is 28.9 Å². The predicted octanol–water partition coefficient (Wildman–Crippen LogP) is 2.18. The fourth-order valence-electron chi connectivity index (χ4n) is 4.92. The summed E-state index contributed by atoms with van der Waals surface area (Å²) in [4.78, 5) is 6.50. The number of hydrogen-bond donors (Lipinski definition) is 2. The second-order valence-electron chi connectivity index (χ2n) is 9.30. The Morgan fingerprint density at radius 2 is 1.97 bits per heavy atom. The monoisotopic (exact) mass is 462 g/mol. The summed E-state index contributed by atoms with van der Waals surface area (Å²) in [5.74, 6) is 9.78. The minimum absolute atomic E-state index is 0.384. The van der Waals surface area contributed by atoms with Crippen molar-refractivity contribution >= 4 is 0 Å². The quantitative estimate of drug-likeness (QED) is 0.495. The smallest absolute Gasteiger partial charge is 0.157 e. The van der Waals surface area contributed by atoms with Crippen LogP contribution in [0, 0.1) is 29.6 Å². The van der Waals surface area contributed by atoms with Gasteiger partial charge in [0.2, 0.25) is 0 Å². The molecule has 2 aromatic heterocycles. The van der Waals surface area contributed by atoms with E-state index in [9.17, 15) is 10.2 Å². The number of hydrogen-bond acceptors (Lipinski definition) is 7. The first-order valence-electron chi connectivity index (χ1n) is 11.7. The van der Waals surface area contributed by atoms with E-state index in [4.69, 9.17) is 9.26 Å². The lowest BCUT2D eigenvalue weighted by atomic mass is 10.1. The van der Waals surface area contributed by atoms with Crippen molar-refractivity contribution in [2.24, 2.45) is 17.8 Å². The van der Waals surface area contributed by atoms with Crippen LogP contribution in [0.2, 0.25) is 0 Å². The van der Waals surface area contributed by atoms with Crippen LogP contribution in [0.25, 0.3) is 11.3 Å². The zero-order valence-corrected chi connectivity index (χ0v) is 19.5. The maximum Gasteiger partial charge on any atom is 0.157 e. The van der Waals surface area contributed by atoms with E-state index >= 15 is 0 Å². The van der Waals surface area contributed by atoms with Gasteiger partial charge in [-0.3, -0.25) is 0 Å². The van der Waals surface area contributed by atoms with Crippen LogP contribution in [-0.4, -0.2) is 69.3 Å². The van der Waals surface area contributed by atoms with Gasteiger partial charge in [-0.05, 0) is 30.9 Å². The van der Waals surface area contributed by atoms with Crippen molar-refractivity contribution in [3.05, 3.63) is 59.9 Å². The first-order valence-corrected chi connectivity index (χ1v) is 11.7. The summed E-state index contributed by atoms with van der Waals surface area (Å²) in [5, 5.41) is 23.9. The maximum absolute atomic E-state index is 9.91. The van der Waals surface area contributed by atoms with Gasteiger partial charge >= 0.3 is 0 Å². The van der Waals surface area contributed by atoms with Gasteiger partial charge in [-0.2, -0.15) is 0 Å². The molecule has 3 heterocycles. The molecule has 2 N–H and O–H groups in total. The molecule has 5 atom stereocenters. The Morgan fingerprint density at radius 1 is 1.21 bits per heavy atom. The maximum atomic E-state index is 9.91. The third kappa shape index (κ3) is 4.93. The number of fused-ring (bicyclic) bond motifs is 1. The summed E-state index contributed by atoms with van der Waals surface area (Å²) >= 11 is 0. The van der Waals surface area contributed by atoms with Crippen LogP contribution in [0.4, 0.5) is 0 Å². The molecule has 2 fully saturated rings. The van der Waals surface area contributed by atoms with Gasteiger partial charge in [-0.15, -0.1) is 0 Å². The number of rotatable bonds is 8. The van der Waals surface area contributed by atoms with E-state index in [1.807, 2.05) is 41.1 Å². The molecular formula is C26H30N4O4. The number of aromatic nitrogens is 3. The lowest BCUT2D eigenvalue weighted by molar-refractivity contribution is 0.0400. The summed E-state index contributed by atoms with van der Waals surface area (Å²) in [6, 6.07) is 9.97. The summed E-state index contributed by atoms with van der Waals surface area (Å²) in [6.45, 7) is 5.23. The van der Waals surface area contributed by atoms with Crippen LogP contribution in [0.5, 0.6) is 0 Å². The third-order valence-electron chi connectivity index (χ3n) is 6.67. The molecule has 5 rings (SSSR count). The summed E-state index contributed by atoms with van der Waals surface area (Å²) in [7, 11) is 1.61. The Morgan fingerprint density at radius 3 is 2.68 bits per heavy atom. The van der Waals surface area contributed by atoms with E-state index in [2.05, 4.69) is 26.9 Å². The van der Waals surface area contributed by atoms with E-state index in [0.29, 0.717) is 49.0 Å². The fraction of sp³-hybridized carbons (Fsp3) is 0.462. The molecule has 34 heavy (non-hydrogen) atoms. The Balaban J connectivity index is 1.15. The number of ether oxygens (including phenoxy) is 1. The van der Waals surface area contributed by atoms with Crippen molar-refractivity contribution in [1.29, 1.82) is 0 Å². The molecule has 2 unspecified atom stereocenters. The normalized spacial score (nSPS) is 23.2. The molecule has 0 bridgehead atoms. The van der Waals surface area contributed by atoms with Crippen molar-refractivity contribution < 1.29 is 19.5 Å². The molecule has 3 aromatic rings. The average molecular weight is 463 g/mol. The van der Waals surface area contributed by atoms with Crippen LogP contribution in [0.1, 0.15) is 30.2 Å². The van der Waals surface area contributed by atoms with Gasteiger partial charge in [-0.25, -0.2) is 4.98 Å². The van der Waals surface area contributed by atoms with E-state index in [0.717, 1.165) is 29.9 Å². The predicted molar refractivity (Wildman–Crippen MR) is 126 cm³/mol. The molecule has 1 aliphatic carbocycles. The number of aliphatic hydroxyl groups excluding tert-OH is 2. The first kappa shape index (κ1) is 22.8. The number of aliphatic hydroxyl groups is 2. The molecule has 8 heteroatoms. The zero-order chi connectivity index (χ0) is 23.7. The molecule has 0 spiro atoms. The van der Waals surface area contributed by atoms with E-state index in [1.165, 1.54) is 0 Å². The molecule has 8 nitrogen and oxygen atoms in total.